The molecule has 4 nitrogen and oxygen atoms in total. The molecule has 0 fully saturated rings. The van der Waals surface area contributed by atoms with Gasteiger partial charge in [-0.15, -0.1) is 11.8 Å². The fourth-order valence-corrected chi connectivity index (χ4v) is 4.16. The normalized spacial score (nSPS) is 10.5. The van der Waals surface area contributed by atoms with E-state index in [1.807, 2.05) is 91.0 Å². The van der Waals surface area contributed by atoms with E-state index in [0.29, 0.717) is 27.8 Å². The predicted octanol–water partition coefficient (Wildman–Crippen LogP) is 7.69. The van der Waals surface area contributed by atoms with Gasteiger partial charge in [0.15, 0.2) is 0 Å². The van der Waals surface area contributed by atoms with Crippen LogP contribution in [0.25, 0.3) is 0 Å². The number of nitrogens with one attached hydrogen (secondary N) is 1. The topological polar surface area (TPSA) is 47.6 Å². The fourth-order valence-electron chi connectivity index (χ4n) is 3.16. The summed E-state index contributed by atoms with van der Waals surface area (Å²) in [6, 6.07) is 30.0. The summed E-state index contributed by atoms with van der Waals surface area (Å²) in [6.07, 6.45) is 0. The summed E-state index contributed by atoms with van der Waals surface area (Å²) in [4.78, 5) is 13.9. The molecule has 1 amide bonds. The van der Waals surface area contributed by atoms with E-state index in [9.17, 15) is 4.79 Å². The third-order valence-electron chi connectivity index (χ3n) is 4.84. The molecule has 4 aromatic carbocycles. The minimum absolute atomic E-state index is 0.188. The van der Waals surface area contributed by atoms with Crippen molar-refractivity contribution in [2.75, 3.05) is 12.4 Å². The second-order valence-electron chi connectivity index (χ2n) is 7.16. The number of hydrogen-bond donors (Lipinski definition) is 1. The summed E-state index contributed by atoms with van der Waals surface area (Å²) in [5.41, 5.74) is 2.19. The Morgan fingerprint density at radius 3 is 2.27 bits per heavy atom. The Bertz CT molecular complexity index is 1210. The molecule has 6 heteroatoms. The molecule has 4 aromatic rings. The largest absolute Gasteiger partial charge is 0.496 e. The summed E-state index contributed by atoms with van der Waals surface area (Å²) < 4.78 is 11.3. The van der Waals surface area contributed by atoms with Gasteiger partial charge in [-0.25, -0.2) is 0 Å². The first kappa shape index (κ1) is 22.8. The standard InChI is InChI=1S/C27H22ClNO3S/c1-31-26-16-7-19(17-20(26)18-33-25-14-8-21(28)9-15-25)27(30)29-22-10-12-24(13-11-22)32-23-5-3-2-4-6-23/h2-17H,18H2,1H3,(H,29,30). The van der Waals surface area contributed by atoms with Crippen LogP contribution in [0, 0.1) is 0 Å². The third-order valence-corrected chi connectivity index (χ3v) is 6.15. The molecule has 0 spiro atoms. The van der Waals surface area contributed by atoms with E-state index in [1.165, 1.54) is 0 Å². The SMILES string of the molecule is COc1ccc(C(=O)Nc2ccc(Oc3ccccc3)cc2)cc1CSc1ccc(Cl)cc1. The number of methoxy groups -OCH3 is 1. The van der Waals surface area contributed by atoms with Crippen LogP contribution in [0.15, 0.2) is 102 Å². The summed E-state index contributed by atoms with van der Waals surface area (Å²) in [5.74, 6) is 2.68. The molecule has 0 heterocycles. The summed E-state index contributed by atoms with van der Waals surface area (Å²) in [5, 5.41) is 3.64. The molecule has 0 aromatic heterocycles. The van der Waals surface area contributed by atoms with Crippen molar-refractivity contribution in [2.24, 2.45) is 0 Å². The van der Waals surface area contributed by atoms with E-state index in [4.69, 9.17) is 21.1 Å². The maximum atomic E-state index is 12.8. The van der Waals surface area contributed by atoms with Crippen LogP contribution >= 0.6 is 23.4 Å². The van der Waals surface area contributed by atoms with Crippen molar-refractivity contribution in [1.82, 2.24) is 0 Å². The molecular formula is C27H22ClNO3S. The average Bonchev–Trinajstić information content (AvgIpc) is 2.85. The lowest BCUT2D eigenvalue weighted by Gasteiger charge is -2.12. The molecule has 0 aliphatic heterocycles. The molecule has 0 atom stereocenters. The number of halogens is 1. The second-order valence-corrected chi connectivity index (χ2v) is 8.65. The van der Waals surface area contributed by atoms with Gasteiger partial charge in [0, 0.05) is 32.5 Å². The first-order valence-electron chi connectivity index (χ1n) is 10.3. The summed E-state index contributed by atoms with van der Waals surface area (Å²) >= 11 is 7.62. The highest BCUT2D eigenvalue weighted by Crippen LogP contribution is 2.30. The zero-order valence-corrected chi connectivity index (χ0v) is 19.5. The Balaban J connectivity index is 1.42. The maximum absolute atomic E-state index is 12.8. The summed E-state index contributed by atoms with van der Waals surface area (Å²) in [6.45, 7) is 0. The number of carbonyl (C=O) groups is 1. The van der Waals surface area contributed by atoms with Gasteiger partial charge < -0.3 is 14.8 Å². The van der Waals surface area contributed by atoms with Crippen LogP contribution in [-0.4, -0.2) is 13.0 Å². The monoisotopic (exact) mass is 475 g/mol. The van der Waals surface area contributed by atoms with Crippen LogP contribution in [0.2, 0.25) is 5.02 Å². The number of para-hydroxylation sites is 1. The zero-order chi connectivity index (χ0) is 23.0. The summed E-state index contributed by atoms with van der Waals surface area (Å²) in [7, 11) is 1.63. The molecule has 0 unspecified atom stereocenters. The highest BCUT2D eigenvalue weighted by Gasteiger charge is 2.12. The molecule has 0 aliphatic carbocycles. The van der Waals surface area contributed by atoms with Crippen molar-refractivity contribution in [3.05, 3.63) is 113 Å². The van der Waals surface area contributed by atoms with Gasteiger partial charge in [-0.1, -0.05) is 29.8 Å². The second kappa shape index (κ2) is 10.9. The zero-order valence-electron chi connectivity index (χ0n) is 18.0. The molecular weight excluding hydrogens is 454 g/mol. The average molecular weight is 476 g/mol. The van der Waals surface area contributed by atoms with E-state index < -0.39 is 0 Å². The number of benzene rings is 4. The molecule has 1 N–H and O–H groups in total. The molecule has 33 heavy (non-hydrogen) atoms. The number of amides is 1. The van der Waals surface area contributed by atoms with Crippen LogP contribution < -0.4 is 14.8 Å². The van der Waals surface area contributed by atoms with Crippen LogP contribution in [0.4, 0.5) is 5.69 Å². The van der Waals surface area contributed by atoms with E-state index in [1.54, 1.807) is 24.9 Å². The van der Waals surface area contributed by atoms with E-state index in [0.717, 1.165) is 22.0 Å². The smallest absolute Gasteiger partial charge is 0.255 e. The molecule has 0 radical (unpaired) electrons. The van der Waals surface area contributed by atoms with Gasteiger partial charge >= 0.3 is 0 Å². The van der Waals surface area contributed by atoms with Crippen molar-refractivity contribution in [2.45, 2.75) is 10.6 Å². The fraction of sp³-hybridized carbons (Fsp3) is 0.0741. The van der Waals surface area contributed by atoms with Gasteiger partial charge in [-0.05, 0) is 78.9 Å². The molecule has 0 aliphatic rings. The van der Waals surface area contributed by atoms with Crippen LogP contribution in [0.5, 0.6) is 17.2 Å². The Hall–Kier alpha value is -3.41. The lowest BCUT2D eigenvalue weighted by atomic mass is 10.1. The van der Waals surface area contributed by atoms with Crippen LogP contribution in [0.1, 0.15) is 15.9 Å². The Kier molecular flexibility index (Phi) is 7.55. The van der Waals surface area contributed by atoms with Crippen molar-refractivity contribution in [1.29, 1.82) is 0 Å². The van der Waals surface area contributed by atoms with E-state index >= 15 is 0 Å². The van der Waals surface area contributed by atoms with Gasteiger partial charge in [0.2, 0.25) is 0 Å². The number of ether oxygens (including phenoxy) is 2. The Labute approximate surface area is 202 Å². The van der Waals surface area contributed by atoms with Crippen molar-refractivity contribution in [3.63, 3.8) is 0 Å². The quantitative estimate of drug-likeness (QED) is 0.265. The minimum Gasteiger partial charge on any atom is -0.496 e. The number of rotatable bonds is 8. The van der Waals surface area contributed by atoms with Gasteiger partial charge in [0.1, 0.15) is 17.2 Å². The van der Waals surface area contributed by atoms with Crippen molar-refractivity contribution < 1.29 is 14.3 Å². The van der Waals surface area contributed by atoms with E-state index in [-0.39, 0.29) is 5.91 Å². The number of hydrogen-bond acceptors (Lipinski definition) is 4. The highest BCUT2D eigenvalue weighted by molar-refractivity contribution is 7.98. The first-order valence-corrected chi connectivity index (χ1v) is 11.7. The Morgan fingerprint density at radius 1 is 0.879 bits per heavy atom. The van der Waals surface area contributed by atoms with Crippen LogP contribution in [0.3, 0.4) is 0 Å². The third kappa shape index (κ3) is 6.31. The highest BCUT2D eigenvalue weighted by atomic mass is 35.5. The Morgan fingerprint density at radius 2 is 1.58 bits per heavy atom. The van der Waals surface area contributed by atoms with E-state index in [2.05, 4.69) is 5.32 Å². The minimum atomic E-state index is -0.188. The molecule has 0 saturated heterocycles. The van der Waals surface area contributed by atoms with Crippen molar-refractivity contribution in [3.8, 4) is 17.2 Å². The van der Waals surface area contributed by atoms with Gasteiger partial charge in [-0.3, -0.25) is 4.79 Å². The number of carbonyl (C=O) groups excluding carboxylic acids is 1. The first-order chi connectivity index (χ1) is 16.1. The molecule has 4 rings (SSSR count). The maximum Gasteiger partial charge on any atom is 0.255 e. The van der Waals surface area contributed by atoms with Gasteiger partial charge in [0.25, 0.3) is 5.91 Å². The molecule has 0 saturated carbocycles. The van der Waals surface area contributed by atoms with Gasteiger partial charge in [0.05, 0.1) is 7.11 Å². The van der Waals surface area contributed by atoms with Gasteiger partial charge in [-0.2, -0.15) is 0 Å². The van der Waals surface area contributed by atoms with Crippen LogP contribution in [-0.2, 0) is 5.75 Å². The molecule has 166 valence electrons. The molecule has 0 bridgehead atoms. The number of thioether (sulfide) groups is 1. The lowest BCUT2D eigenvalue weighted by Crippen LogP contribution is -2.12. The lowest BCUT2D eigenvalue weighted by molar-refractivity contribution is 0.102. The van der Waals surface area contributed by atoms with Crippen molar-refractivity contribution >= 4 is 35.0 Å². The predicted molar refractivity (Wildman–Crippen MR) is 135 cm³/mol. The number of anilines is 1.